The van der Waals surface area contributed by atoms with E-state index < -0.39 is 32.7 Å². The van der Waals surface area contributed by atoms with Crippen molar-refractivity contribution >= 4 is 27.4 Å². The molecule has 0 saturated heterocycles. The molecule has 0 aromatic carbocycles. The van der Waals surface area contributed by atoms with E-state index in [0.29, 0.717) is 6.07 Å². The summed E-state index contributed by atoms with van der Waals surface area (Å²) in [7, 11) is -2.76. The van der Waals surface area contributed by atoms with Crippen LogP contribution in [0.25, 0.3) is 0 Å². The Balaban J connectivity index is 2.30. The monoisotopic (exact) mass is 329 g/mol. The van der Waals surface area contributed by atoms with E-state index in [-0.39, 0.29) is 5.15 Å². The van der Waals surface area contributed by atoms with Gasteiger partial charge in [-0.25, -0.2) is 4.98 Å². The molecular weight excluding hydrogens is 323 g/mol. The summed E-state index contributed by atoms with van der Waals surface area (Å²) in [5.74, 6) is -0.515. The number of nitrogens with zero attached hydrogens (tertiary/aromatic N) is 3. The van der Waals surface area contributed by atoms with Gasteiger partial charge in [0.25, 0.3) is 10.0 Å². The topological polar surface area (TPSA) is 92.7 Å². The number of aromatic amines is 1. The van der Waals surface area contributed by atoms with Crippen LogP contribution in [0, 0.1) is 0 Å². The third-order valence-electron chi connectivity index (χ3n) is 2.21. The van der Waals surface area contributed by atoms with Gasteiger partial charge >= 0.3 is 6.18 Å². The number of hydrogen-bond donors (Lipinski definition) is 2. The molecule has 0 unspecified atom stereocenters. The summed E-state index contributed by atoms with van der Waals surface area (Å²) in [5, 5.41) is 4.22. The average Bonchev–Trinajstić information content (AvgIpc) is 2.86. The molecule has 0 aliphatic carbocycles. The molecule has 0 saturated carbocycles. The van der Waals surface area contributed by atoms with Gasteiger partial charge in [-0.2, -0.15) is 26.7 Å². The van der Waals surface area contributed by atoms with Crippen LogP contribution in [0.5, 0.6) is 0 Å². The van der Waals surface area contributed by atoms with Gasteiger partial charge in [0.05, 0.1) is 6.33 Å². The first-order valence-electron chi connectivity index (χ1n) is 4.93. The zero-order valence-corrected chi connectivity index (χ0v) is 11.3. The first kappa shape index (κ1) is 14.7. The quantitative estimate of drug-likeness (QED) is 0.895. The van der Waals surface area contributed by atoms with E-state index in [1.54, 1.807) is 5.10 Å². The molecule has 20 heavy (non-hydrogen) atoms. The molecule has 0 spiro atoms. The summed E-state index contributed by atoms with van der Waals surface area (Å²) in [6.07, 6.45) is -3.50. The van der Waals surface area contributed by atoms with Crippen molar-refractivity contribution in [2.75, 3.05) is 4.72 Å². The number of anilines is 1. The number of rotatable bonds is 3. The van der Waals surface area contributed by atoms with Gasteiger partial charge in [-0.05, 0) is 0 Å². The third kappa shape index (κ3) is 2.72. The van der Waals surface area contributed by atoms with Crippen LogP contribution in [0.3, 0.4) is 0 Å². The predicted octanol–water partition coefficient (Wildman–Crippen LogP) is 1.62. The first-order valence-corrected chi connectivity index (χ1v) is 6.79. The van der Waals surface area contributed by atoms with Crippen LogP contribution >= 0.6 is 11.6 Å². The zero-order chi connectivity index (χ0) is 15.1. The minimum atomic E-state index is -4.65. The normalized spacial score (nSPS) is 12.7. The van der Waals surface area contributed by atoms with E-state index >= 15 is 0 Å². The fourth-order valence-electron chi connectivity index (χ4n) is 1.28. The Morgan fingerprint density at radius 3 is 2.55 bits per heavy atom. The summed E-state index contributed by atoms with van der Waals surface area (Å²) in [6.45, 7) is 0. The number of nitrogens with one attached hydrogen (secondary N) is 2. The SMILES string of the molecule is Cn1cnc(S(=O)(=O)Nc2cc(C(F)(F)F)[nH]n2)c1Cl. The predicted molar refractivity (Wildman–Crippen MR) is 62.6 cm³/mol. The number of H-pyrrole nitrogens is 1. The van der Waals surface area contributed by atoms with E-state index in [1.165, 1.54) is 11.6 Å². The lowest BCUT2D eigenvalue weighted by Crippen LogP contribution is -2.14. The van der Waals surface area contributed by atoms with E-state index in [4.69, 9.17) is 11.6 Å². The average molecular weight is 330 g/mol. The maximum Gasteiger partial charge on any atom is 0.432 e. The van der Waals surface area contributed by atoms with E-state index in [9.17, 15) is 21.6 Å². The number of sulfonamides is 1. The van der Waals surface area contributed by atoms with Crippen LogP contribution in [0.4, 0.5) is 19.0 Å². The van der Waals surface area contributed by atoms with Crippen molar-refractivity contribution in [2.45, 2.75) is 11.2 Å². The molecule has 0 radical (unpaired) electrons. The molecule has 12 heteroatoms. The molecule has 0 atom stereocenters. The Kier molecular flexibility index (Phi) is 3.42. The van der Waals surface area contributed by atoms with Crippen LogP contribution < -0.4 is 4.72 Å². The fraction of sp³-hybridized carbons (Fsp3) is 0.250. The van der Waals surface area contributed by atoms with Crippen molar-refractivity contribution in [1.82, 2.24) is 19.7 Å². The maximum absolute atomic E-state index is 12.3. The Labute approximate surface area is 115 Å². The molecular formula is C8H7ClF3N5O2S. The standard InChI is InChI=1S/C8H7ClF3N5O2S/c1-17-3-13-7(6(17)9)20(18,19)16-5-2-4(14-15-5)8(10,11)12/h2-3H,1H3,(H2,14,15,16). The maximum atomic E-state index is 12.3. The van der Waals surface area contributed by atoms with Crippen LogP contribution in [0.1, 0.15) is 5.69 Å². The molecule has 0 amide bonds. The number of hydrogen-bond acceptors (Lipinski definition) is 4. The number of aromatic nitrogens is 4. The van der Waals surface area contributed by atoms with Crippen LogP contribution in [0.2, 0.25) is 5.15 Å². The minimum absolute atomic E-state index is 0.177. The summed E-state index contributed by atoms with van der Waals surface area (Å²) in [5.41, 5.74) is -1.18. The highest BCUT2D eigenvalue weighted by Crippen LogP contribution is 2.29. The van der Waals surface area contributed by atoms with Gasteiger partial charge < -0.3 is 4.57 Å². The molecule has 2 N–H and O–H groups in total. The highest BCUT2D eigenvalue weighted by atomic mass is 35.5. The highest BCUT2D eigenvalue weighted by Gasteiger charge is 2.34. The molecule has 0 aliphatic heterocycles. The Morgan fingerprint density at radius 1 is 1.45 bits per heavy atom. The Morgan fingerprint density at radius 2 is 2.10 bits per heavy atom. The molecule has 0 bridgehead atoms. The Hall–Kier alpha value is -1.75. The molecule has 0 fully saturated rings. The first-order chi connectivity index (χ1) is 9.11. The Bertz CT molecular complexity index is 736. The van der Waals surface area contributed by atoms with Gasteiger partial charge in [0.2, 0.25) is 5.03 Å². The molecule has 2 aromatic rings. The summed E-state index contributed by atoms with van der Waals surface area (Å²) >= 11 is 5.71. The van der Waals surface area contributed by atoms with Crippen molar-refractivity contribution in [3.63, 3.8) is 0 Å². The number of aryl methyl sites for hydroxylation is 1. The zero-order valence-electron chi connectivity index (χ0n) is 9.73. The van der Waals surface area contributed by atoms with Crippen molar-refractivity contribution in [3.8, 4) is 0 Å². The second kappa shape index (κ2) is 4.66. The highest BCUT2D eigenvalue weighted by molar-refractivity contribution is 7.92. The van der Waals surface area contributed by atoms with E-state index in [0.717, 1.165) is 6.33 Å². The van der Waals surface area contributed by atoms with E-state index in [1.807, 2.05) is 4.72 Å². The smallest absolute Gasteiger partial charge is 0.324 e. The summed E-state index contributed by atoms with van der Waals surface area (Å²) < 4.78 is 63.9. The van der Waals surface area contributed by atoms with Gasteiger partial charge in [-0.1, -0.05) is 11.6 Å². The van der Waals surface area contributed by atoms with Crippen molar-refractivity contribution in [2.24, 2.45) is 7.05 Å². The van der Waals surface area contributed by atoms with Crippen LogP contribution in [-0.4, -0.2) is 28.2 Å². The lowest BCUT2D eigenvalue weighted by molar-refractivity contribution is -0.141. The number of halogens is 4. The van der Waals surface area contributed by atoms with Crippen molar-refractivity contribution in [3.05, 3.63) is 23.2 Å². The molecule has 110 valence electrons. The van der Waals surface area contributed by atoms with Crippen LogP contribution in [-0.2, 0) is 23.2 Å². The molecule has 0 aliphatic rings. The van der Waals surface area contributed by atoms with Crippen molar-refractivity contribution < 1.29 is 21.6 Å². The van der Waals surface area contributed by atoms with Crippen molar-refractivity contribution in [1.29, 1.82) is 0 Å². The second-order valence-corrected chi connectivity index (χ2v) is 5.68. The van der Waals surface area contributed by atoms with Gasteiger partial charge in [0.1, 0.15) is 10.8 Å². The largest absolute Gasteiger partial charge is 0.432 e. The fourth-order valence-corrected chi connectivity index (χ4v) is 2.70. The summed E-state index contributed by atoms with van der Waals surface area (Å²) in [4.78, 5) is 3.56. The third-order valence-corrected chi connectivity index (χ3v) is 4.05. The molecule has 2 heterocycles. The molecule has 2 aromatic heterocycles. The lowest BCUT2D eigenvalue weighted by atomic mass is 10.4. The van der Waals surface area contributed by atoms with Gasteiger partial charge in [-0.3, -0.25) is 9.82 Å². The van der Waals surface area contributed by atoms with Gasteiger partial charge in [-0.15, -0.1) is 0 Å². The number of alkyl halides is 3. The molecule has 2 rings (SSSR count). The molecule has 7 nitrogen and oxygen atoms in total. The summed E-state index contributed by atoms with van der Waals surface area (Å²) in [6, 6.07) is 0.522. The van der Waals surface area contributed by atoms with E-state index in [2.05, 4.69) is 10.1 Å². The van der Waals surface area contributed by atoms with Gasteiger partial charge in [0, 0.05) is 13.1 Å². The van der Waals surface area contributed by atoms with Gasteiger partial charge in [0.15, 0.2) is 5.82 Å². The minimum Gasteiger partial charge on any atom is -0.324 e. The lowest BCUT2D eigenvalue weighted by Gasteiger charge is -2.03. The second-order valence-electron chi connectivity index (χ2n) is 3.72. The number of imidazole rings is 1. The van der Waals surface area contributed by atoms with Crippen LogP contribution in [0.15, 0.2) is 17.4 Å².